The summed E-state index contributed by atoms with van der Waals surface area (Å²) in [5.41, 5.74) is 0. The molecule has 0 radical (unpaired) electrons. The van der Waals surface area contributed by atoms with Crippen molar-refractivity contribution < 1.29 is 33.2 Å². The number of alkyl halides is 3. The maximum absolute atomic E-state index is 12.1. The molecule has 0 amide bonds. The number of rotatable bonds is 4. The molecule has 1 aliphatic heterocycles. The summed E-state index contributed by atoms with van der Waals surface area (Å²) in [4.78, 5) is 2.00. The van der Waals surface area contributed by atoms with E-state index < -0.39 is 12.3 Å². The maximum atomic E-state index is 12.1. The minimum Gasteiger partial charge on any atom is -0.391 e. The van der Waals surface area contributed by atoms with Crippen molar-refractivity contribution in [2.24, 2.45) is 0 Å². The first kappa shape index (κ1) is 13.7. The summed E-state index contributed by atoms with van der Waals surface area (Å²) in [6.07, 6.45) is -6.73. The van der Waals surface area contributed by atoms with Gasteiger partial charge in [-0.25, -0.2) is 0 Å². The number of quaternary nitrogens is 2. The van der Waals surface area contributed by atoms with Crippen LogP contribution in [0, 0.1) is 0 Å². The van der Waals surface area contributed by atoms with E-state index in [0.717, 1.165) is 18.0 Å². The summed E-state index contributed by atoms with van der Waals surface area (Å²) in [5.74, 6) is 0. The van der Waals surface area contributed by atoms with Crippen molar-refractivity contribution in [1.82, 2.24) is 0 Å². The lowest BCUT2D eigenvalue weighted by atomic mass is 10.2. The number of halogens is 3. The van der Waals surface area contributed by atoms with Crippen molar-refractivity contribution in [3.8, 4) is 0 Å². The predicted octanol–water partition coefficient (Wildman–Crippen LogP) is -3.31. The smallest absolute Gasteiger partial charge is 0.391 e. The van der Waals surface area contributed by atoms with Crippen molar-refractivity contribution >= 4 is 0 Å². The fraction of sp³-hybridized carbons (Fsp3) is 1.00. The molecule has 4 nitrogen and oxygen atoms in total. The van der Waals surface area contributed by atoms with Crippen molar-refractivity contribution in [2.45, 2.75) is 12.3 Å². The Morgan fingerprint density at radius 3 is 2.00 bits per heavy atom. The Morgan fingerprint density at radius 1 is 1.06 bits per heavy atom. The predicted molar refractivity (Wildman–Crippen MR) is 50.3 cm³/mol. The van der Waals surface area contributed by atoms with Crippen LogP contribution in [0.5, 0.6) is 0 Å². The summed E-state index contributed by atoms with van der Waals surface area (Å²) in [5, 5.41) is 17.6. The zero-order valence-corrected chi connectivity index (χ0v) is 9.06. The molecule has 0 aromatic carbocycles. The van der Waals surface area contributed by atoms with E-state index in [1.807, 2.05) is 0 Å². The van der Waals surface area contributed by atoms with E-state index in [1.165, 1.54) is 4.90 Å². The molecule has 0 aromatic heterocycles. The SMILES string of the molecule is OCC[NH+]1CC[NH+](C[C@H](O)C(F)(F)F)CC1. The summed E-state index contributed by atoms with van der Waals surface area (Å²) in [6, 6.07) is 0. The number of hydrogen-bond acceptors (Lipinski definition) is 2. The minimum absolute atomic E-state index is 0.107. The Bertz CT molecular complexity index is 205. The van der Waals surface area contributed by atoms with Gasteiger partial charge in [0.25, 0.3) is 0 Å². The molecular formula is C9H19F3N2O2+2. The summed E-state index contributed by atoms with van der Waals surface area (Å²) in [6.45, 7) is 3.22. The largest absolute Gasteiger partial charge is 0.419 e. The lowest BCUT2D eigenvalue weighted by molar-refractivity contribution is -1.01. The van der Waals surface area contributed by atoms with Gasteiger partial charge in [-0.05, 0) is 0 Å². The van der Waals surface area contributed by atoms with Crippen LogP contribution in [-0.2, 0) is 0 Å². The van der Waals surface area contributed by atoms with Crippen molar-refractivity contribution in [1.29, 1.82) is 0 Å². The highest BCUT2D eigenvalue weighted by Crippen LogP contribution is 2.18. The third-order valence-corrected chi connectivity index (χ3v) is 2.99. The first-order valence-corrected chi connectivity index (χ1v) is 5.46. The van der Waals surface area contributed by atoms with Gasteiger partial charge in [-0.2, -0.15) is 13.2 Å². The lowest BCUT2D eigenvalue weighted by Crippen LogP contribution is -3.28. The lowest BCUT2D eigenvalue weighted by Gasteiger charge is -2.30. The van der Waals surface area contributed by atoms with Crippen molar-refractivity contribution in [2.75, 3.05) is 45.9 Å². The average molecular weight is 244 g/mol. The monoisotopic (exact) mass is 244 g/mol. The molecule has 0 bridgehead atoms. The standard InChI is InChI=1S/C9H17F3N2O2/c10-9(11,12)8(16)7-14-3-1-13(2-4-14)5-6-15/h8,15-16H,1-7H2/p+2/t8-/m0/s1. The quantitative estimate of drug-likeness (QED) is 0.418. The Hall–Kier alpha value is -0.370. The van der Waals surface area contributed by atoms with Gasteiger partial charge >= 0.3 is 6.18 Å². The van der Waals surface area contributed by atoms with Crippen LogP contribution in [0.15, 0.2) is 0 Å². The fourth-order valence-corrected chi connectivity index (χ4v) is 1.96. The minimum atomic E-state index is -4.51. The second-order valence-corrected chi connectivity index (χ2v) is 4.24. The van der Waals surface area contributed by atoms with Gasteiger partial charge in [0.1, 0.15) is 39.3 Å². The molecule has 96 valence electrons. The van der Waals surface area contributed by atoms with Crippen LogP contribution in [0.3, 0.4) is 0 Å². The van der Waals surface area contributed by atoms with Gasteiger partial charge in [0.05, 0.1) is 6.61 Å². The van der Waals surface area contributed by atoms with E-state index in [1.54, 1.807) is 0 Å². The molecule has 0 saturated carbocycles. The van der Waals surface area contributed by atoms with E-state index in [2.05, 4.69) is 0 Å². The molecule has 0 aromatic rings. The van der Waals surface area contributed by atoms with Gasteiger partial charge in [0.15, 0.2) is 6.10 Å². The van der Waals surface area contributed by atoms with Crippen LogP contribution in [-0.4, -0.2) is 68.4 Å². The van der Waals surface area contributed by atoms with Crippen LogP contribution in [0.25, 0.3) is 0 Å². The zero-order chi connectivity index (χ0) is 12.2. The first-order chi connectivity index (χ1) is 7.43. The highest BCUT2D eigenvalue weighted by molar-refractivity contribution is 4.63. The second kappa shape index (κ2) is 5.81. The van der Waals surface area contributed by atoms with Crippen molar-refractivity contribution in [3.05, 3.63) is 0 Å². The van der Waals surface area contributed by atoms with E-state index in [-0.39, 0.29) is 13.2 Å². The first-order valence-electron chi connectivity index (χ1n) is 5.46. The molecule has 1 atom stereocenters. The van der Waals surface area contributed by atoms with E-state index >= 15 is 0 Å². The Labute approximate surface area is 92.3 Å². The third-order valence-electron chi connectivity index (χ3n) is 2.99. The number of aliphatic hydroxyl groups excluding tert-OH is 2. The van der Waals surface area contributed by atoms with Gasteiger partial charge in [-0.1, -0.05) is 0 Å². The fourth-order valence-electron chi connectivity index (χ4n) is 1.96. The normalized spacial score (nSPS) is 29.1. The van der Waals surface area contributed by atoms with Gasteiger partial charge < -0.3 is 20.0 Å². The summed E-state index contributed by atoms with van der Waals surface area (Å²) in [7, 11) is 0. The Morgan fingerprint density at radius 2 is 1.56 bits per heavy atom. The summed E-state index contributed by atoms with van der Waals surface area (Å²) < 4.78 is 36.3. The number of piperazine rings is 1. The molecule has 4 N–H and O–H groups in total. The maximum Gasteiger partial charge on any atom is 0.419 e. The molecule has 7 heteroatoms. The molecule has 0 spiro atoms. The summed E-state index contributed by atoms with van der Waals surface area (Å²) >= 11 is 0. The van der Waals surface area contributed by atoms with Crippen LogP contribution in [0.1, 0.15) is 0 Å². The van der Waals surface area contributed by atoms with E-state index in [9.17, 15) is 13.2 Å². The third kappa shape index (κ3) is 4.25. The van der Waals surface area contributed by atoms with Crippen LogP contribution in [0.4, 0.5) is 13.2 Å². The van der Waals surface area contributed by atoms with Crippen molar-refractivity contribution in [3.63, 3.8) is 0 Å². The van der Waals surface area contributed by atoms with Gasteiger partial charge in [0.2, 0.25) is 0 Å². The topological polar surface area (TPSA) is 49.3 Å². The van der Waals surface area contributed by atoms with Gasteiger partial charge in [0, 0.05) is 0 Å². The van der Waals surface area contributed by atoms with E-state index in [4.69, 9.17) is 10.2 Å². The molecule has 1 rings (SSSR count). The molecule has 1 heterocycles. The Balaban J connectivity index is 2.27. The number of hydrogen-bond donors (Lipinski definition) is 4. The number of nitrogens with one attached hydrogen (secondary N) is 2. The highest BCUT2D eigenvalue weighted by Gasteiger charge is 2.41. The van der Waals surface area contributed by atoms with Crippen LogP contribution < -0.4 is 9.80 Å². The molecular weight excluding hydrogens is 225 g/mol. The molecule has 0 unspecified atom stereocenters. The average Bonchev–Trinajstić information content (AvgIpc) is 2.20. The molecule has 1 aliphatic rings. The highest BCUT2D eigenvalue weighted by atomic mass is 19.4. The van der Waals surface area contributed by atoms with Crippen LogP contribution >= 0.6 is 0 Å². The Kier molecular flexibility index (Phi) is 4.97. The van der Waals surface area contributed by atoms with Gasteiger partial charge in [-0.3, -0.25) is 0 Å². The van der Waals surface area contributed by atoms with Crippen LogP contribution in [0.2, 0.25) is 0 Å². The van der Waals surface area contributed by atoms with E-state index in [0.29, 0.717) is 19.6 Å². The van der Waals surface area contributed by atoms with Gasteiger partial charge in [-0.15, -0.1) is 0 Å². The number of aliphatic hydroxyl groups is 2. The molecule has 16 heavy (non-hydrogen) atoms. The zero-order valence-electron chi connectivity index (χ0n) is 9.06. The molecule has 0 aliphatic carbocycles. The molecule has 1 saturated heterocycles. The molecule has 1 fully saturated rings. The second-order valence-electron chi connectivity index (χ2n) is 4.24.